The van der Waals surface area contributed by atoms with E-state index in [0.29, 0.717) is 24.9 Å². The number of amides is 3. The van der Waals surface area contributed by atoms with Crippen LogP contribution in [0.4, 0.5) is 4.79 Å². The second kappa shape index (κ2) is 8.02. The molecule has 0 heterocycles. The van der Waals surface area contributed by atoms with Crippen LogP contribution in [0.2, 0.25) is 0 Å². The Hall–Kier alpha value is -1.26. The fraction of sp³-hybridized carbons (Fsp3) is 0.857. The van der Waals surface area contributed by atoms with Crippen LogP contribution in [0.15, 0.2) is 0 Å². The second-order valence-corrected chi connectivity index (χ2v) is 5.58. The summed E-state index contributed by atoms with van der Waals surface area (Å²) in [6.07, 6.45) is 7.03. The van der Waals surface area contributed by atoms with Crippen molar-refractivity contribution in [3.8, 4) is 0 Å². The number of urea groups is 1. The number of carbonyl (C=O) groups excluding carboxylic acids is 2. The summed E-state index contributed by atoms with van der Waals surface area (Å²) >= 11 is 0. The Morgan fingerprint density at radius 2 is 1.95 bits per heavy atom. The quantitative estimate of drug-likeness (QED) is 0.722. The van der Waals surface area contributed by atoms with Gasteiger partial charge in [0, 0.05) is 26.1 Å². The van der Waals surface area contributed by atoms with Crippen LogP contribution in [0.3, 0.4) is 0 Å². The van der Waals surface area contributed by atoms with E-state index < -0.39 is 6.03 Å². The number of carbonyl (C=O) groups is 2. The minimum absolute atomic E-state index is 0.220. The highest BCUT2D eigenvalue weighted by Gasteiger charge is 2.27. The summed E-state index contributed by atoms with van der Waals surface area (Å²) in [6.45, 7) is 2.79. The first kappa shape index (κ1) is 15.8. The van der Waals surface area contributed by atoms with E-state index in [2.05, 4.69) is 12.2 Å². The van der Waals surface area contributed by atoms with Gasteiger partial charge in [0.2, 0.25) is 5.91 Å². The van der Waals surface area contributed by atoms with Gasteiger partial charge in [-0.15, -0.1) is 0 Å². The number of hydrogen-bond donors (Lipinski definition) is 2. The molecule has 2 atom stereocenters. The number of nitrogens with one attached hydrogen (secondary N) is 1. The Bertz CT molecular complexity index is 307. The summed E-state index contributed by atoms with van der Waals surface area (Å²) in [5.41, 5.74) is 4.97. The van der Waals surface area contributed by atoms with Crippen molar-refractivity contribution in [2.24, 2.45) is 11.7 Å². The van der Waals surface area contributed by atoms with Gasteiger partial charge in [-0.25, -0.2) is 4.79 Å². The number of primary amides is 1. The maximum Gasteiger partial charge on any atom is 0.312 e. The standard InChI is InChI=1S/C14H27N3O2/c1-11-7-3-4-8-12(11)17(2)13(18)9-5-6-10-16-14(15)19/h11-12H,3-10H2,1-2H3,(H3,15,16,19). The average molecular weight is 269 g/mol. The molecule has 0 bridgehead atoms. The molecule has 2 unspecified atom stereocenters. The lowest BCUT2D eigenvalue weighted by molar-refractivity contribution is -0.133. The Kier molecular flexibility index (Phi) is 6.67. The van der Waals surface area contributed by atoms with Crippen molar-refractivity contribution in [2.45, 2.75) is 57.9 Å². The van der Waals surface area contributed by atoms with Crippen molar-refractivity contribution in [1.82, 2.24) is 10.2 Å². The van der Waals surface area contributed by atoms with Crippen molar-refractivity contribution in [3.63, 3.8) is 0 Å². The van der Waals surface area contributed by atoms with Crippen molar-refractivity contribution in [2.75, 3.05) is 13.6 Å². The normalized spacial score (nSPS) is 22.8. The van der Waals surface area contributed by atoms with Crippen LogP contribution in [0.1, 0.15) is 51.9 Å². The molecule has 110 valence electrons. The lowest BCUT2D eigenvalue weighted by atomic mass is 9.85. The third-order valence-corrected chi connectivity index (χ3v) is 4.07. The first-order valence-electron chi connectivity index (χ1n) is 7.31. The van der Waals surface area contributed by atoms with Gasteiger partial charge in [0.15, 0.2) is 0 Å². The Balaban J connectivity index is 2.22. The molecule has 1 fully saturated rings. The molecule has 0 aliphatic heterocycles. The third kappa shape index (κ3) is 5.49. The number of unbranched alkanes of at least 4 members (excludes halogenated alkanes) is 1. The zero-order chi connectivity index (χ0) is 14.3. The summed E-state index contributed by atoms with van der Waals surface area (Å²) in [5.74, 6) is 0.831. The van der Waals surface area contributed by atoms with Gasteiger partial charge in [-0.05, 0) is 31.6 Å². The first-order chi connectivity index (χ1) is 9.02. The smallest absolute Gasteiger partial charge is 0.312 e. The van der Waals surface area contributed by atoms with E-state index in [1.165, 1.54) is 19.3 Å². The maximum atomic E-state index is 12.1. The summed E-state index contributed by atoms with van der Waals surface area (Å²) in [4.78, 5) is 24.5. The summed E-state index contributed by atoms with van der Waals surface area (Å²) in [6, 6.07) is -0.0931. The van der Waals surface area contributed by atoms with E-state index in [4.69, 9.17) is 5.73 Å². The van der Waals surface area contributed by atoms with Crippen LogP contribution in [-0.4, -0.2) is 36.5 Å². The molecule has 0 spiro atoms. The molecule has 0 radical (unpaired) electrons. The zero-order valence-corrected chi connectivity index (χ0v) is 12.2. The van der Waals surface area contributed by atoms with E-state index in [-0.39, 0.29) is 5.91 Å². The fourth-order valence-corrected chi connectivity index (χ4v) is 2.85. The molecule has 0 aromatic rings. The Labute approximate surface area is 115 Å². The van der Waals surface area contributed by atoms with Crippen LogP contribution in [-0.2, 0) is 4.79 Å². The Morgan fingerprint density at radius 3 is 2.58 bits per heavy atom. The summed E-state index contributed by atoms with van der Waals surface area (Å²) in [7, 11) is 1.93. The van der Waals surface area contributed by atoms with E-state index in [1.54, 1.807) is 0 Å². The monoisotopic (exact) mass is 269 g/mol. The van der Waals surface area contributed by atoms with Gasteiger partial charge in [0.25, 0.3) is 0 Å². The van der Waals surface area contributed by atoms with Gasteiger partial charge in [0.05, 0.1) is 0 Å². The molecule has 0 saturated heterocycles. The molecule has 1 saturated carbocycles. The molecule has 19 heavy (non-hydrogen) atoms. The molecule has 1 aliphatic rings. The van der Waals surface area contributed by atoms with Crippen molar-refractivity contribution in [3.05, 3.63) is 0 Å². The number of nitrogens with zero attached hydrogens (tertiary/aromatic N) is 1. The van der Waals surface area contributed by atoms with E-state index in [1.807, 2.05) is 11.9 Å². The Morgan fingerprint density at radius 1 is 1.26 bits per heavy atom. The predicted octanol–water partition coefficient (Wildman–Crippen LogP) is 1.86. The lowest BCUT2D eigenvalue weighted by Gasteiger charge is -2.36. The van der Waals surface area contributed by atoms with Crippen LogP contribution in [0, 0.1) is 5.92 Å². The highest BCUT2D eigenvalue weighted by Crippen LogP contribution is 2.27. The van der Waals surface area contributed by atoms with Crippen LogP contribution in [0.25, 0.3) is 0 Å². The minimum atomic E-state index is -0.500. The topological polar surface area (TPSA) is 75.4 Å². The van der Waals surface area contributed by atoms with Gasteiger partial charge < -0.3 is 16.0 Å². The van der Waals surface area contributed by atoms with E-state index in [0.717, 1.165) is 19.3 Å². The molecule has 5 heteroatoms. The first-order valence-corrected chi connectivity index (χ1v) is 7.31. The highest BCUT2D eigenvalue weighted by molar-refractivity contribution is 5.76. The molecule has 5 nitrogen and oxygen atoms in total. The largest absolute Gasteiger partial charge is 0.352 e. The number of nitrogens with two attached hydrogens (primary N) is 1. The molecule has 3 amide bonds. The van der Waals surface area contributed by atoms with E-state index in [9.17, 15) is 9.59 Å². The van der Waals surface area contributed by atoms with Crippen LogP contribution < -0.4 is 11.1 Å². The van der Waals surface area contributed by atoms with Gasteiger partial charge in [-0.2, -0.15) is 0 Å². The average Bonchev–Trinajstić information content (AvgIpc) is 2.37. The van der Waals surface area contributed by atoms with Gasteiger partial charge in [-0.3, -0.25) is 4.79 Å². The lowest BCUT2D eigenvalue weighted by Crippen LogP contribution is -2.42. The SMILES string of the molecule is CC1CCCCC1N(C)C(=O)CCCCNC(N)=O. The third-order valence-electron chi connectivity index (χ3n) is 4.07. The highest BCUT2D eigenvalue weighted by atomic mass is 16.2. The van der Waals surface area contributed by atoms with Gasteiger partial charge in [-0.1, -0.05) is 19.8 Å². The van der Waals surface area contributed by atoms with E-state index >= 15 is 0 Å². The maximum absolute atomic E-state index is 12.1. The fourth-order valence-electron chi connectivity index (χ4n) is 2.85. The van der Waals surface area contributed by atoms with Crippen molar-refractivity contribution >= 4 is 11.9 Å². The molecule has 1 rings (SSSR count). The predicted molar refractivity (Wildman–Crippen MR) is 75.6 cm³/mol. The molecular weight excluding hydrogens is 242 g/mol. The molecule has 0 aromatic heterocycles. The number of hydrogen-bond acceptors (Lipinski definition) is 2. The zero-order valence-electron chi connectivity index (χ0n) is 12.2. The summed E-state index contributed by atoms with van der Waals surface area (Å²) in [5, 5.41) is 2.53. The molecule has 3 N–H and O–H groups in total. The molecular formula is C14H27N3O2. The van der Waals surface area contributed by atoms with Crippen molar-refractivity contribution < 1.29 is 9.59 Å². The van der Waals surface area contributed by atoms with Crippen LogP contribution in [0.5, 0.6) is 0 Å². The van der Waals surface area contributed by atoms with Crippen LogP contribution >= 0.6 is 0 Å². The molecule has 0 aromatic carbocycles. The van der Waals surface area contributed by atoms with Gasteiger partial charge >= 0.3 is 6.03 Å². The molecule has 1 aliphatic carbocycles. The summed E-state index contributed by atoms with van der Waals surface area (Å²) < 4.78 is 0. The van der Waals surface area contributed by atoms with Gasteiger partial charge in [0.1, 0.15) is 0 Å². The minimum Gasteiger partial charge on any atom is -0.352 e. The second-order valence-electron chi connectivity index (χ2n) is 5.58. The number of rotatable bonds is 6. The van der Waals surface area contributed by atoms with Crippen molar-refractivity contribution in [1.29, 1.82) is 0 Å².